The fourth-order valence-electron chi connectivity index (χ4n) is 3.56. The van der Waals surface area contributed by atoms with Gasteiger partial charge in [-0.1, -0.05) is 48.0 Å². The molecule has 2 atom stereocenters. The number of rotatable bonds is 9. The van der Waals surface area contributed by atoms with Crippen LogP contribution in [-0.2, 0) is 14.4 Å². The van der Waals surface area contributed by atoms with Gasteiger partial charge in [0, 0.05) is 26.1 Å². The summed E-state index contributed by atoms with van der Waals surface area (Å²) in [6.07, 6.45) is 0.208. The van der Waals surface area contributed by atoms with Gasteiger partial charge in [0.2, 0.25) is 11.8 Å². The number of nitrogens with zero attached hydrogens (tertiary/aromatic N) is 1. The standard InChI is InChI=1S/C24H29N3O4/c1-17-8-10-21(11-9-17)31-16-22(28)25-12-13-26-24(30)20-14-23(29)27(15-20)18(2)19-6-4-3-5-7-19/h3-11,18,20H,12-16H2,1-2H3,(H,25,28)(H,26,30). The molecule has 3 rings (SSSR count). The highest BCUT2D eigenvalue weighted by molar-refractivity contribution is 5.89. The van der Waals surface area contributed by atoms with Gasteiger partial charge in [-0.2, -0.15) is 0 Å². The highest BCUT2D eigenvalue weighted by Crippen LogP contribution is 2.28. The number of likely N-dealkylation sites (tertiary alicyclic amines) is 1. The van der Waals surface area contributed by atoms with E-state index in [0.717, 1.165) is 11.1 Å². The van der Waals surface area contributed by atoms with Gasteiger partial charge in [-0.05, 0) is 31.5 Å². The minimum Gasteiger partial charge on any atom is -0.484 e. The van der Waals surface area contributed by atoms with Gasteiger partial charge in [-0.25, -0.2) is 0 Å². The lowest BCUT2D eigenvalue weighted by Crippen LogP contribution is -2.39. The molecule has 3 amide bonds. The molecule has 0 saturated carbocycles. The van der Waals surface area contributed by atoms with Gasteiger partial charge < -0.3 is 20.3 Å². The Kier molecular flexibility index (Phi) is 7.65. The van der Waals surface area contributed by atoms with Crippen LogP contribution in [-0.4, -0.2) is 48.9 Å². The van der Waals surface area contributed by atoms with E-state index in [2.05, 4.69) is 10.6 Å². The van der Waals surface area contributed by atoms with Gasteiger partial charge in [0.1, 0.15) is 5.75 Å². The Bertz CT molecular complexity index is 899. The predicted molar refractivity (Wildman–Crippen MR) is 117 cm³/mol. The quantitative estimate of drug-likeness (QED) is 0.606. The molecular weight excluding hydrogens is 394 g/mol. The first kappa shape index (κ1) is 22.3. The molecule has 1 aliphatic rings. The number of carbonyl (C=O) groups is 3. The van der Waals surface area contributed by atoms with E-state index in [-0.39, 0.29) is 42.7 Å². The van der Waals surface area contributed by atoms with Crippen molar-refractivity contribution in [2.75, 3.05) is 26.2 Å². The molecule has 2 N–H and O–H groups in total. The van der Waals surface area contributed by atoms with Crippen molar-refractivity contribution < 1.29 is 19.1 Å². The highest BCUT2D eigenvalue weighted by Gasteiger charge is 2.36. The number of hydrogen-bond donors (Lipinski definition) is 2. The maximum absolute atomic E-state index is 12.5. The molecule has 0 radical (unpaired) electrons. The van der Waals surface area contributed by atoms with Crippen LogP contribution in [0, 0.1) is 12.8 Å². The maximum Gasteiger partial charge on any atom is 0.258 e. The van der Waals surface area contributed by atoms with Crippen LogP contribution in [0.25, 0.3) is 0 Å². The topological polar surface area (TPSA) is 87.7 Å². The van der Waals surface area contributed by atoms with Crippen LogP contribution in [0.1, 0.15) is 30.5 Å². The Morgan fingerprint density at radius 2 is 1.74 bits per heavy atom. The smallest absolute Gasteiger partial charge is 0.258 e. The summed E-state index contributed by atoms with van der Waals surface area (Å²) in [5.74, 6) is -0.179. The summed E-state index contributed by atoms with van der Waals surface area (Å²) in [4.78, 5) is 38.5. The average Bonchev–Trinajstić information content (AvgIpc) is 3.18. The SMILES string of the molecule is Cc1ccc(OCC(=O)NCCNC(=O)C2CC(=O)N(C(C)c3ccccc3)C2)cc1. The fraction of sp³-hybridized carbons (Fsp3) is 0.375. The van der Waals surface area contributed by atoms with Crippen molar-refractivity contribution in [1.29, 1.82) is 0 Å². The minimum absolute atomic E-state index is 0.0157. The van der Waals surface area contributed by atoms with Gasteiger partial charge in [-0.15, -0.1) is 0 Å². The van der Waals surface area contributed by atoms with Gasteiger partial charge >= 0.3 is 0 Å². The lowest BCUT2D eigenvalue weighted by atomic mass is 10.1. The summed E-state index contributed by atoms with van der Waals surface area (Å²) in [7, 11) is 0. The zero-order chi connectivity index (χ0) is 22.2. The second-order valence-corrected chi connectivity index (χ2v) is 7.78. The van der Waals surface area contributed by atoms with E-state index in [1.807, 2.05) is 68.4 Å². The number of nitrogens with one attached hydrogen (secondary N) is 2. The normalized spacial score (nSPS) is 16.6. The minimum atomic E-state index is -0.376. The van der Waals surface area contributed by atoms with Crippen molar-refractivity contribution >= 4 is 17.7 Å². The molecule has 2 unspecified atom stereocenters. The van der Waals surface area contributed by atoms with Gasteiger partial charge in [-0.3, -0.25) is 14.4 Å². The Balaban J connectivity index is 1.35. The van der Waals surface area contributed by atoms with Gasteiger partial charge in [0.15, 0.2) is 6.61 Å². The van der Waals surface area contributed by atoms with Crippen molar-refractivity contribution in [1.82, 2.24) is 15.5 Å². The molecule has 7 nitrogen and oxygen atoms in total. The Morgan fingerprint density at radius 3 is 2.45 bits per heavy atom. The molecule has 1 saturated heterocycles. The summed E-state index contributed by atoms with van der Waals surface area (Å²) in [5.41, 5.74) is 2.17. The molecule has 0 aliphatic carbocycles. The van der Waals surface area contributed by atoms with Crippen LogP contribution in [0.5, 0.6) is 5.75 Å². The Labute approximate surface area is 182 Å². The van der Waals surface area contributed by atoms with Crippen LogP contribution in [0.2, 0.25) is 0 Å². The van der Waals surface area contributed by atoms with Crippen LogP contribution < -0.4 is 15.4 Å². The van der Waals surface area contributed by atoms with Crippen molar-refractivity contribution in [2.45, 2.75) is 26.3 Å². The molecule has 1 fully saturated rings. The Morgan fingerprint density at radius 1 is 1.06 bits per heavy atom. The molecule has 164 valence electrons. The fourth-order valence-corrected chi connectivity index (χ4v) is 3.56. The second kappa shape index (κ2) is 10.6. The first-order chi connectivity index (χ1) is 14.9. The van der Waals surface area contributed by atoms with E-state index < -0.39 is 0 Å². The van der Waals surface area contributed by atoms with E-state index >= 15 is 0 Å². The number of aryl methyl sites for hydroxylation is 1. The molecule has 1 heterocycles. The monoisotopic (exact) mass is 423 g/mol. The molecule has 7 heteroatoms. The van der Waals surface area contributed by atoms with Gasteiger partial charge in [0.05, 0.1) is 12.0 Å². The van der Waals surface area contributed by atoms with Crippen LogP contribution in [0.4, 0.5) is 0 Å². The summed E-state index contributed by atoms with van der Waals surface area (Å²) in [5, 5.41) is 5.52. The third-order valence-corrected chi connectivity index (χ3v) is 5.42. The molecule has 31 heavy (non-hydrogen) atoms. The summed E-state index contributed by atoms with van der Waals surface area (Å²) < 4.78 is 5.42. The molecular formula is C24H29N3O4. The van der Waals surface area contributed by atoms with Crippen LogP contribution in [0.3, 0.4) is 0 Å². The number of benzene rings is 2. The summed E-state index contributed by atoms with van der Waals surface area (Å²) >= 11 is 0. The molecule has 2 aromatic rings. The second-order valence-electron chi connectivity index (χ2n) is 7.78. The number of ether oxygens (including phenoxy) is 1. The first-order valence-electron chi connectivity index (χ1n) is 10.5. The zero-order valence-corrected chi connectivity index (χ0v) is 18.0. The van der Waals surface area contributed by atoms with Crippen LogP contribution >= 0.6 is 0 Å². The van der Waals surface area contributed by atoms with Crippen LogP contribution in [0.15, 0.2) is 54.6 Å². The summed E-state index contributed by atoms with van der Waals surface area (Å²) in [6, 6.07) is 17.2. The molecule has 1 aliphatic heterocycles. The number of amides is 3. The van der Waals surface area contributed by atoms with Gasteiger partial charge in [0.25, 0.3) is 5.91 Å². The average molecular weight is 424 g/mol. The molecule has 0 aromatic heterocycles. The third kappa shape index (κ3) is 6.31. The first-order valence-corrected chi connectivity index (χ1v) is 10.5. The molecule has 0 spiro atoms. The maximum atomic E-state index is 12.5. The lowest BCUT2D eigenvalue weighted by molar-refractivity contribution is -0.130. The van der Waals surface area contributed by atoms with E-state index in [1.54, 1.807) is 4.90 Å². The van der Waals surface area contributed by atoms with Crippen molar-refractivity contribution in [3.05, 3.63) is 65.7 Å². The van der Waals surface area contributed by atoms with E-state index in [1.165, 1.54) is 0 Å². The number of hydrogen-bond acceptors (Lipinski definition) is 4. The largest absolute Gasteiger partial charge is 0.484 e. The van der Waals surface area contributed by atoms with E-state index in [9.17, 15) is 14.4 Å². The predicted octanol–water partition coefficient (Wildman–Crippen LogP) is 2.22. The molecule has 0 bridgehead atoms. The van der Waals surface area contributed by atoms with Crippen molar-refractivity contribution in [3.8, 4) is 5.75 Å². The lowest BCUT2D eigenvalue weighted by Gasteiger charge is -2.25. The Hall–Kier alpha value is -3.35. The summed E-state index contributed by atoms with van der Waals surface area (Å²) in [6.45, 7) is 4.87. The molecule has 2 aromatic carbocycles. The number of carbonyl (C=O) groups excluding carboxylic acids is 3. The van der Waals surface area contributed by atoms with E-state index in [4.69, 9.17) is 4.74 Å². The third-order valence-electron chi connectivity index (χ3n) is 5.42. The van der Waals surface area contributed by atoms with E-state index in [0.29, 0.717) is 25.4 Å². The van der Waals surface area contributed by atoms with Crippen molar-refractivity contribution in [2.24, 2.45) is 5.92 Å². The zero-order valence-electron chi connectivity index (χ0n) is 18.0. The van der Waals surface area contributed by atoms with Crippen molar-refractivity contribution in [3.63, 3.8) is 0 Å². The highest BCUT2D eigenvalue weighted by atomic mass is 16.5.